The molecule has 0 fully saturated rings. The molecule has 1 unspecified atom stereocenters. The molecule has 1 atom stereocenters. The Morgan fingerprint density at radius 2 is 2.25 bits per heavy atom. The van der Waals surface area contributed by atoms with Gasteiger partial charge in [0, 0.05) is 6.42 Å². The Labute approximate surface area is 78.7 Å². The molecule has 0 aliphatic heterocycles. The van der Waals surface area contributed by atoms with Crippen LogP contribution in [0.2, 0.25) is 0 Å². The first-order valence-corrected chi connectivity index (χ1v) is 4.57. The summed E-state index contributed by atoms with van der Waals surface area (Å²) in [7, 11) is 0. The standard InChI is InChI=1S/C8H16N2OS/c1-3-4-5-7(11)10-6(2)8(9)12/h6H,3-5H2,1-2H3,(H2,9,12)(H,10,11). The predicted molar refractivity (Wildman–Crippen MR) is 53.9 cm³/mol. The summed E-state index contributed by atoms with van der Waals surface area (Å²) in [6, 6.07) is -0.190. The summed E-state index contributed by atoms with van der Waals surface area (Å²) >= 11 is 4.71. The predicted octanol–water partition coefficient (Wildman–Crippen LogP) is 0.967. The molecule has 3 N–H and O–H groups in total. The zero-order valence-electron chi connectivity index (χ0n) is 7.59. The fourth-order valence-corrected chi connectivity index (χ4v) is 0.781. The van der Waals surface area contributed by atoms with Crippen LogP contribution in [0.1, 0.15) is 33.1 Å². The van der Waals surface area contributed by atoms with E-state index < -0.39 is 0 Å². The van der Waals surface area contributed by atoms with Crippen molar-refractivity contribution in [3.05, 3.63) is 0 Å². The van der Waals surface area contributed by atoms with Gasteiger partial charge in [-0.05, 0) is 13.3 Å². The Bertz CT molecular complexity index is 170. The molecule has 0 radical (unpaired) electrons. The Morgan fingerprint density at radius 3 is 2.67 bits per heavy atom. The minimum Gasteiger partial charge on any atom is -0.392 e. The molecule has 4 heteroatoms. The highest BCUT2D eigenvalue weighted by molar-refractivity contribution is 7.80. The van der Waals surface area contributed by atoms with E-state index in [9.17, 15) is 4.79 Å². The van der Waals surface area contributed by atoms with Crippen LogP contribution in [-0.2, 0) is 4.79 Å². The molecule has 0 spiro atoms. The summed E-state index contributed by atoms with van der Waals surface area (Å²) in [6.07, 6.45) is 2.49. The Kier molecular flexibility index (Phi) is 5.62. The van der Waals surface area contributed by atoms with Gasteiger partial charge in [-0.25, -0.2) is 0 Å². The van der Waals surface area contributed by atoms with Gasteiger partial charge in [0.25, 0.3) is 0 Å². The largest absolute Gasteiger partial charge is 0.392 e. The number of rotatable bonds is 5. The lowest BCUT2D eigenvalue weighted by Crippen LogP contribution is -2.41. The minimum atomic E-state index is -0.190. The van der Waals surface area contributed by atoms with Gasteiger partial charge >= 0.3 is 0 Å². The number of carbonyl (C=O) groups is 1. The molecule has 0 aromatic carbocycles. The SMILES string of the molecule is CCCCC(=O)NC(C)C(N)=S. The van der Waals surface area contributed by atoms with Crippen LogP contribution < -0.4 is 11.1 Å². The van der Waals surface area contributed by atoms with Crippen LogP contribution in [0.4, 0.5) is 0 Å². The van der Waals surface area contributed by atoms with Crippen LogP contribution in [0.15, 0.2) is 0 Å². The minimum absolute atomic E-state index is 0.0251. The molecule has 70 valence electrons. The first kappa shape index (κ1) is 11.4. The highest BCUT2D eigenvalue weighted by Gasteiger charge is 2.07. The first-order chi connectivity index (χ1) is 5.57. The molecule has 1 amide bonds. The third-order valence-corrected chi connectivity index (χ3v) is 1.92. The third-order valence-electron chi connectivity index (χ3n) is 1.56. The topological polar surface area (TPSA) is 55.1 Å². The number of nitrogens with two attached hydrogens (primary N) is 1. The number of thiocarbonyl (C=S) groups is 1. The van der Waals surface area contributed by atoms with Gasteiger partial charge < -0.3 is 11.1 Å². The van der Waals surface area contributed by atoms with E-state index in [2.05, 4.69) is 5.32 Å². The van der Waals surface area contributed by atoms with Crippen LogP contribution in [0.25, 0.3) is 0 Å². The van der Waals surface area contributed by atoms with Crippen molar-refractivity contribution in [1.29, 1.82) is 0 Å². The summed E-state index contributed by atoms with van der Waals surface area (Å²) in [4.78, 5) is 11.4. The lowest BCUT2D eigenvalue weighted by atomic mass is 10.2. The number of unbranched alkanes of at least 4 members (excludes halogenated alkanes) is 1. The van der Waals surface area contributed by atoms with Crippen molar-refractivity contribution in [3.8, 4) is 0 Å². The summed E-state index contributed by atoms with van der Waals surface area (Å²) in [6.45, 7) is 3.83. The average Bonchev–Trinajstić information content (AvgIpc) is 2.00. The maximum absolute atomic E-state index is 11.1. The number of hydrogen-bond donors (Lipinski definition) is 2. The molecule has 0 heterocycles. The number of nitrogens with one attached hydrogen (secondary N) is 1. The molecular formula is C8H16N2OS. The van der Waals surface area contributed by atoms with Crippen molar-refractivity contribution in [3.63, 3.8) is 0 Å². The molecule has 0 rings (SSSR count). The number of carbonyl (C=O) groups excluding carboxylic acids is 1. The van der Waals surface area contributed by atoms with Gasteiger partial charge in [0.1, 0.15) is 0 Å². The van der Waals surface area contributed by atoms with Crippen LogP contribution in [0, 0.1) is 0 Å². The van der Waals surface area contributed by atoms with E-state index in [-0.39, 0.29) is 11.9 Å². The van der Waals surface area contributed by atoms with Gasteiger partial charge in [-0.1, -0.05) is 25.6 Å². The summed E-state index contributed by atoms with van der Waals surface area (Å²) in [5.41, 5.74) is 5.33. The summed E-state index contributed by atoms with van der Waals surface area (Å²) in [5.74, 6) is 0.0251. The Balaban J connectivity index is 3.61. The highest BCUT2D eigenvalue weighted by atomic mass is 32.1. The fraction of sp³-hybridized carbons (Fsp3) is 0.750. The van der Waals surface area contributed by atoms with Gasteiger partial charge in [-0.2, -0.15) is 0 Å². The van der Waals surface area contributed by atoms with E-state index in [0.29, 0.717) is 11.4 Å². The summed E-state index contributed by atoms with van der Waals surface area (Å²) in [5, 5.41) is 2.71. The maximum atomic E-state index is 11.1. The molecule has 3 nitrogen and oxygen atoms in total. The van der Waals surface area contributed by atoms with Crippen molar-refractivity contribution in [2.24, 2.45) is 5.73 Å². The second-order valence-electron chi connectivity index (χ2n) is 2.80. The highest BCUT2D eigenvalue weighted by Crippen LogP contribution is 1.94. The van der Waals surface area contributed by atoms with Crippen molar-refractivity contribution in [2.75, 3.05) is 0 Å². The molecule has 0 saturated carbocycles. The van der Waals surface area contributed by atoms with Gasteiger partial charge in [0.15, 0.2) is 0 Å². The van der Waals surface area contributed by atoms with Gasteiger partial charge in [-0.15, -0.1) is 0 Å². The van der Waals surface area contributed by atoms with E-state index >= 15 is 0 Å². The van der Waals surface area contributed by atoms with Crippen LogP contribution >= 0.6 is 12.2 Å². The van der Waals surface area contributed by atoms with Crippen molar-refractivity contribution in [2.45, 2.75) is 39.2 Å². The molecular weight excluding hydrogens is 172 g/mol. The lowest BCUT2D eigenvalue weighted by molar-refractivity contribution is -0.121. The zero-order chi connectivity index (χ0) is 9.56. The molecule has 0 saturated heterocycles. The average molecular weight is 188 g/mol. The monoisotopic (exact) mass is 188 g/mol. The number of amides is 1. The van der Waals surface area contributed by atoms with Crippen LogP contribution in [0.3, 0.4) is 0 Å². The van der Waals surface area contributed by atoms with Gasteiger partial charge in [-0.3, -0.25) is 4.79 Å². The fourth-order valence-electron chi connectivity index (χ4n) is 0.722. The van der Waals surface area contributed by atoms with Crippen LogP contribution in [-0.4, -0.2) is 16.9 Å². The zero-order valence-corrected chi connectivity index (χ0v) is 8.41. The second-order valence-corrected chi connectivity index (χ2v) is 3.27. The van der Waals surface area contributed by atoms with E-state index in [1.165, 1.54) is 0 Å². The molecule has 0 bridgehead atoms. The normalized spacial score (nSPS) is 12.2. The van der Waals surface area contributed by atoms with Crippen molar-refractivity contribution < 1.29 is 4.79 Å². The van der Waals surface area contributed by atoms with Crippen molar-refractivity contribution in [1.82, 2.24) is 5.32 Å². The molecule has 0 aliphatic carbocycles. The molecule has 0 aliphatic rings. The molecule has 0 aromatic heterocycles. The third kappa shape index (κ3) is 5.07. The molecule has 12 heavy (non-hydrogen) atoms. The lowest BCUT2D eigenvalue weighted by Gasteiger charge is -2.11. The van der Waals surface area contributed by atoms with Gasteiger partial charge in [0.2, 0.25) is 5.91 Å². The Morgan fingerprint density at radius 1 is 1.67 bits per heavy atom. The first-order valence-electron chi connectivity index (χ1n) is 4.16. The summed E-state index contributed by atoms with van der Waals surface area (Å²) < 4.78 is 0. The van der Waals surface area contributed by atoms with Crippen LogP contribution in [0.5, 0.6) is 0 Å². The van der Waals surface area contributed by atoms with E-state index in [0.717, 1.165) is 12.8 Å². The maximum Gasteiger partial charge on any atom is 0.220 e. The van der Waals surface area contributed by atoms with E-state index in [4.69, 9.17) is 18.0 Å². The second kappa shape index (κ2) is 5.94. The van der Waals surface area contributed by atoms with E-state index in [1.54, 1.807) is 6.92 Å². The van der Waals surface area contributed by atoms with E-state index in [1.807, 2.05) is 6.92 Å². The molecule has 0 aromatic rings. The Hall–Kier alpha value is -0.640. The number of hydrogen-bond acceptors (Lipinski definition) is 2. The quantitative estimate of drug-likeness (QED) is 0.632. The smallest absolute Gasteiger partial charge is 0.220 e. The van der Waals surface area contributed by atoms with Gasteiger partial charge in [0.05, 0.1) is 11.0 Å². The van der Waals surface area contributed by atoms with Crippen molar-refractivity contribution >= 4 is 23.1 Å².